The van der Waals surface area contributed by atoms with Crippen molar-refractivity contribution in [1.82, 2.24) is 0 Å². The standard InChI is InChI=1S/C19H19IN2O2.C12H14INO2/c1-13(2)16-9-19(23-3)17(20)10-18(16)24-15(11-21)12-22-14-7-5-4-6-8-14;1-8(2)9-6-12(15-3)10(13)7-11(9)16-5-4-14/h4-10,12-13,22H,1-3H3;6-8H,5H2,1-3H3. The van der Waals surface area contributed by atoms with Gasteiger partial charge in [-0.3, -0.25) is 0 Å². The van der Waals surface area contributed by atoms with E-state index in [9.17, 15) is 5.26 Å². The molecule has 0 saturated carbocycles. The first-order chi connectivity index (χ1) is 19.1. The van der Waals surface area contributed by atoms with Gasteiger partial charge >= 0.3 is 0 Å². The molecule has 3 aromatic carbocycles. The molecule has 0 unspecified atom stereocenters. The van der Waals surface area contributed by atoms with Crippen molar-refractivity contribution in [1.29, 1.82) is 10.5 Å². The summed E-state index contributed by atoms with van der Waals surface area (Å²) in [7, 11) is 3.30. The molecule has 9 heteroatoms. The first-order valence-electron chi connectivity index (χ1n) is 12.5. The quantitative estimate of drug-likeness (QED) is 0.126. The van der Waals surface area contributed by atoms with Crippen molar-refractivity contribution < 1.29 is 18.9 Å². The van der Waals surface area contributed by atoms with Gasteiger partial charge in [-0.2, -0.15) is 10.5 Å². The monoisotopic (exact) mass is 765 g/mol. The summed E-state index contributed by atoms with van der Waals surface area (Å²) in [6.07, 6.45) is 1.57. The molecule has 7 nitrogen and oxygen atoms in total. The van der Waals surface area contributed by atoms with E-state index in [2.05, 4.69) is 84.3 Å². The van der Waals surface area contributed by atoms with Gasteiger partial charge < -0.3 is 24.3 Å². The number of para-hydroxylation sites is 1. The lowest BCUT2D eigenvalue weighted by Gasteiger charge is -2.16. The molecular weight excluding hydrogens is 732 g/mol. The number of rotatable bonds is 10. The first-order valence-corrected chi connectivity index (χ1v) is 14.6. The zero-order valence-electron chi connectivity index (χ0n) is 23.4. The molecule has 3 rings (SSSR count). The first kappa shape index (κ1) is 33.0. The maximum atomic E-state index is 9.36. The number of ether oxygens (including phenoxy) is 4. The van der Waals surface area contributed by atoms with Crippen LogP contribution in [0.5, 0.6) is 23.0 Å². The third-order valence-corrected chi connectivity index (χ3v) is 7.26. The van der Waals surface area contributed by atoms with Crippen LogP contribution in [0.4, 0.5) is 5.69 Å². The fraction of sp³-hybridized carbons (Fsp3) is 0.290. The van der Waals surface area contributed by atoms with Crippen LogP contribution in [0.15, 0.2) is 66.6 Å². The van der Waals surface area contributed by atoms with Gasteiger partial charge in [-0.05, 0) is 93.4 Å². The molecule has 3 aromatic rings. The Bertz CT molecular complexity index is 1380. The van der Waals surface area contributed by atoms with E-state index in [1.807, 2.05) is 60.7 Å². The summed E-state index contributed by atoms with van der Waals surface area (Å²) in [4.78, 5) is 0. The normalized spacial score (nSPS) is 10.7. The number of nitrogens with zero attached hydrogens (tertiary/aromatic N) is 2. The van der Waals surface area contributed by atoms with E-state index in [4.69, 9.17) is 24.2 Å². The second-order valence-electron chi connectivity index (χ2n) is 9.04. The van der Waals surface area contributed by atoms with Crippen molar-refractivity contribution in [3.63, 3.8) is 0 Å². The lowest BCUT2D eigenvalue weighted by Crippen LogP contribution is -2.02. The van der Waals surface area contributed by atoms with Crippen LogP contribution in [-0.4, -0.2) is 20.8 Å². The largest absolute Gasteiger partial charge is 0.496 e. The Labute approximate surface area is 264 Å². The minimum absolute atomic E-state index is 0.0716. The van der Waals surface area contributed by atoms with E-state index in [1.54, 1.807) is 20.4 Å². The topological polar surface area (TPSA) is 96.5 Å². The predicted molar refractivity (Wildman–Crippen MR) is 175 cm³/mol. The Morgan fingerprint density at radius 3 is 1.82 bits per heavy atom. The molecular formula is C31H33I2N3O4. The molecule has 0 spiro atoms. The van der Waals surface area contributed by atoms with E-state index >= 15 is 0 Å². The highest BCUT2D eigenvalue weighted by Gasteiger charge is 2.15. The second kappa shape index (κ2) is 16.8. The lowest BCUT2D eigenvalue weighted by atomic mass is 10.0. The fourth-order valence-corrected chi connectivity index (χ4v) is 4.84. The van der Waals surface area contributed by atoms with Crippen LogP contribution in [0.3, 0.4) is 0 Å². The smallest absolute Gasteiger partial charge is 0.219 e. The van der Waals surface area contributed by atoms with Gasteiger partial charge in [-0.25, -0.2) is 0 Å². The number of halogens is 2. The van der Waals surface area contributed by atoms with E-state index in [1.165, 1.54) is 0 Å². The molecule has 0 bridgehead atoms. The van der Waals surface area contributed by atoms with Crippen LogP contribution in [0.2, 0.25) is 0 Å². The van der Waals surface area contributed by atoms with Crippen molar-refractivity contribution >= 4 is 50.9 Å². The van der Waals surface area contributed by atoms with E-state index in [0.29, 0.717) is 11.7 Å². The van der Waals surface area contributed by atoms with Crippen molar-refractivity contribution in [3.8, 4) is 35.1 Å². The van der Waals surface area contributed by atoms with Crippen LogP contribution in [0.1, 0.15) is 50.7 Å². The number of benzene rings is 3. The maximum absolute atomic E-state index is 9.36. The molecule has 210 valence electrons. The predicted octanol–water partition coefficient (Wildman–Crippen LogP) is 8.60. The van der Waals surface area contributed by atoms with Gasteiger partial charge in [0.2, 0.25) is 5.76 Å². The Kier molecular flexibility index (Phi) is 13.9. The van der Waals surface area contributed by atoms with Crippen LogP contribution in [0.25, 0.3) is 0 Å². The zero-order valence-corrected chi connectivity index (χ0v) is 27.7. The van der Waals surface area contributed by atoms with Gasteiger partial charge in [0.05, 0.1) is 27.6 Å². The summed E-state index contributed by atoms with van der Waals surface area (Å²) < 4.78 is 23.8. The van der Waals surface area contributed by atoms with Gasteiger partial charge in [-0.1, -0.05) is 45.9 Å². The van der Waals surface area contributed by atoms with E-state index in [-0.39, 0.29) is 18.3 Å². The molecule has 0 atom stereocenters. The van der Waals surface area contributed by atoms with Gasteiger partial charge in [0, 0.05) is 16.8 Å². The summed E-state index contributed by atoms with van der Waals surface area (Å²) in [5.74, 6) is 3.85. The lowest BCUT2D eigenvalue weighted by molar-refractivity contribution is 0.359. The average molecular weight is 765 g/mol. The minimum Gasteiger partial charge on any atom is -0.496 e. The highest BCUT2D eigenvalue weighted by Crippen LogP contribution is 2.36. The maximum Gasteiger partial charge on any atom is 0.219 e. The van der Waals surface area contributed by atoms with E-state index < -0.39 is 0 Å². The van der Waals surface area contributed by atoms with Crippen LogP contribution >= 0.6 is 45.2 Å². The number of nitriles is 2. The Balaban J connectivity index is 0.000000305. The SMILES string of the molecule is COc1cc(C(C)C)c(OC(C#N)=CNc2ccccc2)cc1I.COc1cc(C(C)C)c(OCC#N)cc1I. The van der Waals surface area contributed by atoms with Crippen molar-refractivity contribution in [2.45, 2.75) is 39.5 Å². The number of anilines is 1. The number of hydrogen-bond donors (Lipinski definition) is 1. The molecule has 0 fully saturated rings. The molecule has 0 aliphatic carbocycles. The number of hydrogen-bond acceptors (Lipinski definition) is 7. The summed E-state index contributed by atoms with van der Waals surface area (Å²) in [5, 5.41) is 20.9. The van der Waals surface area contributed by atoms with Gasteiger partial charge in [0.15, 0.2) is 6.61 Å². The Hall–Kier alpha value is -3.16. The van der Waals surface area contributed by atoms with Crippen molar-refractivity contribution in [3.05, 3.63) is 84.8 Å². The third-order valence-electron chi connectivity index (χ3n) is 5.58. The molecule has 0 aliphatic heterocycles. The van der Waals surface area contributed by atoms with Crippen LogP contribution < -0.4 is 24.3 Å². The molecule has 0 radical (unpaired) electrons. The molecule has 40 heavy (non-hydrogen) atoms. The molecule has 0 amide bonds. The summed E-state index contributed by atoms with van der Waals surface area (Å²) in [5.41, 5.74) is 2.95. The van der Waals surface area contributed by atoms with Gasteiger partial charge in [0.25, 0.3) is 0 Å². The molecule has 0 aliphatic rings. The highest BCUT2D eigenvalue weighted by molar-refractivity contribution is 14.1. The number of nitrogens with one attached hydrogen (secondary N) is 1. The van der Waals surface area contributed by atoms with Crippen molar-refractivity contribution in [2.24, 2.45) is 0 Å². The van der Waals surface area contributed by atoms with Crippen molar-refractivity contribution in [2.75, 3.05) is 26.1 Å². The minimum atomic E-state index is 0.0716. The summed E-state index contributed by atoms with van der Waals surface area (Å²) in [6.45, 7) is 8.39. The number of allylic oxidation sites excluding steroid dienone is 1. The Morgan fingerprint density at radius 2 is 1.35 bits per heavy atom. The Morgan fingerprint density at radius 1 is 0.825 bits per heavy atom. The molecule has 0 aromatic heterocycles. The fourth-order valence-electron chi connectivity index (χ4n) is 3.53. The van der Waals surface area contributed by atoms with Gasteiger partial charge in [0.1, 0.15) is 35.1 Å². The van der Waals surface area contributed by atoms with Crippen LogP contribution in [-0.2, 0) is 0 Å². The van der Waals surface area contributed by atoms with Gasteiger partial charge in [-0.15, -0.1) is 0 Å². The zero-order chi connectivity index (χ0) is 29.7. The summed E-state index contributed by atoms with van der Waals surface area (Å²) >= 11 is 4.38. The van der Waals surface area contributed by atoms with Crippen LogP contribution in [0, 0.1) is 29.8 Å². The highest BCUT2D eigenvalue weighted by atomic mass is 127. The third kappa shape index (κ3) is 9.79. The van der Waals surface area contributed by atoms with E-state index in [0.717, 1.165) is 41.2 Å². The summed E-state index contributed by atoms with van der Waals surface area (Å²) in [6, 6.07) is 21.4. The molecule has 0 heterocycles. The molecule has 0 saturated heterocycles. The average Bonchev–Trinajstić information content (AvgIpc) is 2.94. The second-order valence-corrected chi connectivity index (χ2v) is 11.4. The molecule has 1 N–H and O–H groups in total. The number of methoxy groups -OCH3 is 2.